The van der Waals surface area contributed by atoms with E-state index in [1.165, 1.54) is 4.31 Å². The first-order chi connectivity index (χ1) is 13.9. The standard InChI is InChI=1S/C20H29N3O5S/c1-28-13-3-10-21-20(25)15-8-11-23(12-9-15)29(26,27)17-6-7-18-16(14-17)4-2-5-19(24)22-18/h6-7,14-15H,2-5,8-13H2,1H3,(H,21,25)(H,22,24). The first-order valence-electron chi connectivity index (χ1n) is 10.1. The lowest BCUT2D eigenvalue weighted by atomic mass is 9.97. The van der Waals surface area contributed by atoms with Crippen molar-refractivity contribution >= 4 is 27.5 Å². The minimum absolute atomic E-state index is 0.0149. The number of carbonyl (C=O) groups excluding carboxylic acids is 2. The number of nitrogens with zero attached hydrogens (tertiary/aromatic N) is 1. The lowest BCUT2D eigenvalue weighted by Crippen LogP contribution is -2.43. The number of hydrogen-bond acceptors (Lipinski definition) is 5. The highest BCUT2D eigenvalue weighted by Crippen LogP contribution is 2.29. The Morgan fingerprint density at radius 3 is 2.76 bits per heavy atom. The fourth-order valence-electron chi connectivity index (χ4n) is 3.79. The highest BCUT2D eigenvalue weighted by atomic mass is 32.2. The van der Waals surface area contributed by atoms with Gasteiger partial charge >= 0.3 is 0 Å². The van der Waals surface area contributed by atoms with Crippen LogP contribution < -0.4 is 10.6 Å². The Morgan fingerprint density at radius 1 is 1.28 bits per heavy atom. The lowest BCUT2D eigenvalue weighted by Gasteiger charge is -2.30. The third kappa shape index (κ3) is 5.34. The zero-order chi connectivity index (χ0) is 20.9. The fraction of sp³-hybridized carbons (Fsp3) is 0.600. The summed E-state index contributed by atoms with van der Waals surface area (Å²) in [6.45, 7) is 1.82. The van der Waals surface area contributed by atoms with Crippen molar-refractivity contribution in [3.8, 4) is 0 Å². The number of benzene rings is 1. The molecule has 2 N–H and O–H groups in total. The summed E-state index contributed by atoms with van der Waals surface area (Å²) in [5.41, 5.74) is 1.54. The van der Waals surface area contributed by atoms with Gasteiger partial charge in [0.05, 0.1) is 4.90 Å². The SMILES string of the molecule is COCCCNC(=O)C1CCN(S(=O)(=O)c2ccc3c(c2)CCCC(=O)N3)CC1. The van der Waals surface area contributed by atoms with Crippen LogP contribution in [0.15, 0.2) is 23.1 Å². The van der Waals surface area contributed by atoms with Crippen molar-refractivity contribution in [3.63, 3.8) is 0 Å². The molecule has 9 heteroatoms. The molecule has 1 aromatic rings. The number of anilines is 1. The molecule has 0 saturated carbocycles. The summed E-state index contributed by atoms with van der Waals surface area (Å²) in [6, 6.07) is 4.89. The number of piperidine rings is 1. The molecule has 0 spiro atoms. The van der Waals surface area contributed by atoms with Gasteiger partial charge in [-0.3, -0.25) is 9.59 Å². The van der Waals surface area contributed by atoms with Gasteiger partial charge in [0.25, 0.3) is 0 Å². The molecule has 1 fully saturated rings. The third-order valence-electron chi connectivity index (χ3n) is 5.49. The van der Waals surface area contributed by atoms with E-state index in [1.807, 2.05) is 0 Å². The molecule has 2 heterocycles. The number of ether oxygens (including phenoxy) is 1. The monoisotopic (exact) mass is 423 g/mol. The van der Waals surface area contributed by atoms with Crippen LogP contribution in [-0.4, -0.2) is 57.9 Å². The molecule has 0 bridgehead atoms. The van der Waals surface area contributed by atoms with Gasteiger partial charge in [-0.15, -0.1) is 0 Å². The Morgan fingerprint density at radius 2 is 2.03 bits per heavy atom. The largest absolute Gasteiger partial charge is 0.385 e. The van der Waals surface area contributed by atoms with Crippen molar-refractivity contribution < 1.29 is 22.7 Å². The van der Waals surface area contributed by atoms with Crippen LogP contribution in [0.4, 0.5) is 5.69 Å². The Hall–Kier alpha value is -1.97. The molecule has 0 unspecified atom stereocenters. The minimum atomic E-state index is -3.62. The van der Waals surface area contributed by atoms with Crippen molar-refractivity contribution in [3.05, 3.63) is 23.8 Å². The van der Waals surface area contributed by atoms with Gasteiger partial charge in [-0.2, -0.15) is 4.31 Å². The van der Waals surface area contributed by atoms with E-state index < -0.39 is 10.0 Å². The van der Waals surface area contributed by atoms with E-state index in [2.05, 4.69) is 10.6 Å². The maximum Gasteiger partial charge on any atom is 0.243 e. The number of nitrogens with one attached hydrogen (secondary N) is 2. The van der Waals surface area contributed by atoms with Crippen molar-refractivity contribution in [1.29, 1.82) is 0 Å². The molecular weight excluding hydrogens is 394 g/mol. The van der Waals surface area contributed by atoms with Crippen LogP contribution in [0.25, 0.3) is 0 Å². The van der Waals surface area contributed by atoms with Crippen LogP contribution in [0.3, 0.4) is 0 Å². The zero-order valence-electron chi connectivity index (χ0n) is 16.8. The van der Waals surface area contributed by atoms with Crippen LogP contribution in [0.5, 0.6) is 0 Å². The Balaban J connectivity index is 1.61. The Labute approximate surface area is 172 Å². The van der Waals surface area contributed by atoms with Crippen molar-refractivity contribution in [2.45, 2.75) is 43.4 Å². The van der Waals surface area contributed by atoms with Crippen molar-refractivity contribution in [2.75, 3.05) is 38.7 Å². The average Bonchev–Trinajstić information content (AvgIpc) is 2.91. The van der Waals surface area contributed by atoms with E-state index in [0.29, 0.717) is 64.0 Å². The van der Waals surface area contributed by atoms with Gasteiger partial charge in [-0.05, 0) is 55.9 Å². The number of sulfonamides is 1. The van der Waals surface area contributed by atoms with Gasteiger partial charge in [0.15, 0.2) is 0 Å². The van der Waals surface area contributed by atoms with E-state index >= 15 is 0 Å². The van der Waals surface area contributed by atoms with Gasteiger partial charge in [0.2, 0.25) is 21.8 Å². The summed E-state index contributed by atoms with van der Waals surface area (Å²) in [6.07, 6.45) is 3.59. The number of rotatable bonds is 7. The van der Waals surface area contributed by atoms with E-state index in [-0.39, 0.29) is 22.6 Å². The number of aryl methyl sites for hydroxylation is 1. The van der Waals surface area contributed by atoms with Crippen molar-refractivity contribution in [1.82, 2.24) is 9.62 Å². The molecule has 3 rings (SSSR count). The summed E-state index contributed by atoms with van der Waals surface area (Å²) in [4.78, 5) is 24.2. The molecule has 0 aromatic heterocycles. The predicted octanol–water partition coefficient (Wildman–Crippen LogP) is 1.51. The first kappa shape index (κ1) is 21.7. The predicted molar refractivity (Wildman–Crippen MR) is 109 cm³/mol. The van der Waals surface area contributed by atoms with Crippen LogP contribution >= 0.6 is 0 Å². The lowest BCUT2D eigenvalue weighted by molar-refractivity contribution is -0.126. The molecule has 0 aliphatic carbocycles. The van der Waals surface area contributed by atoms with E-state index in [1.54, 1.807) is 25.3 Å². The molecule has 0 atom stereocenters. The summed E-state index contributed by atoms with van der Waals surface area (Å²) < 4.78 is 32.6. The highest BCUT2D eigenvalue weighted by molar-refractivity contribution is 7.89. The summed E-state index contributed by atoms with van der Waals surface area (Å²) in [5.74, 6) is -0.216. The molecule has 0 radical (unpaired) electrons. The molecule has 1 saturated heterocycles. The van der Waals surface area contributed by atoms with Gasteiger partial charge in [-0.25, -0.2) is 8.42 Å². The van der Waals surface area contributed by atoms with Gasteiger partial charge in [-0.1, -0.05) is 0 Å². The maximum atomic E-state index is 13.1. The van der Waals surface area contributed by atoms with Crippen LogP contribution in [-0.2, 0) is 30.8 Å². The average molecular weight is 424 g/mol. The first-order valence-corrected chi connectivity index (χ1v) is 11.6. The molecule has 2 aliphatic rings. The summed E-state index contributed by atoms with van der Waals surface area (Å²) >= 11 is 0. The number of hydrogen-bond donors (Lipinski definition) is 2. The quantitative estimate of drug-likeness (QED) is 0.647. The molecule has 8 nitrogen and oxygen atoms in total. The van der Waals surface area contributed by atoms with E-state index in [0.717, 1.165) is 12.0 Å². The molecular formula is C20H29N3O5S. The smallest absolute Gasteiger partial charge is 0.243 e. The normalized spacial score (nSPS) is 18.6. The van der Waals surface area contributed by atoms with Gasteiger partial charge in [0.1, 0.15) is 0 Å². The second-order valence-corrected chi connectivity index (χ2v) is 9.47. The highest BCUT2D eigenvalue weighted by Gasteiger charge is 2.32. The van der Waals surface area contributed by atoms with Crippen LogP contribution in [0.2, 0.25) is 0 Å². The number of amides is 2. The van der Waals surface area contributed by atoms with Gasteiger partial charge < -0.3 is 15.4 Å². The Bertz CT molecular complexity index is 848. The minimum Gasteiger partial charge on any atom is -0.385 e. The second-order valence-electron chi connectivity index (χ2n) is 7.54. The van der Waals surface area contributed by atoms with E-state index in [9.17, 15) is 18.0 Å². The fourth-order valence-corrected chi connectivity index (χ4v) is 5.31. The van der Waals surface area contributed by atoms with E-state index in [4.69, 9.17) is 4.74 Å². The molecule has 1 aromatic carbocycles. The second kappa shape index (κ2) is 9.69. The number of carbonyl (C=O) groups is 2. The number of fused-ring (bicyclic) bond motifs is 1. The number of methoxy groups -OCH3 is 1. The molecule has 29 heavy (non-hydrogen) atoms. The maximum absolute atomic E-state index is 13.1. The zero-order valence-corrected chi connectivity index (χ0v) is 17.6. The summed E-state index contributed by atoms with van der Waals surface area (Å²) in [7, 11) is -2.00. The van der Waals surface area contributed by atoms with Crippen LogP contribution in [0.1, 0.15) is 37.7 Å². The molecule has 2 aliphatic heterocycles. The molecule has 2 amide bonds. The van der Waals surface area contributed by atoms with Crippen LogP contribution in [0, 0.1) is 5.92 Å². The molecule has 160 valence electrons. The Kier molecular flexibility index (Phi) is 7.26. The summed E-state index contributed by atoms with van der Waals surface area (Å²) in [5, 5.41) is 5.72. The third-order valence-corrected chi connectivity index (χ3v) is 7.38. The van der Waals surface area contributed by atoms with Gasteiger partial charge in [0, 0.05) is 51.4 Å². The topological polar surface area (TPSA) is 105 Å². The van der Waals surface area contributed by atoms with Crippen molar-refractivity contribution in [2.24, 2.45) is 5.92 Å².